The first kappa shape index (κ1) is 14.9. The Morgan fingerprint density at radius 3 is 2.59 bits per heavy atom. The van der Waals surface area contributed by atoms with E-state index in [1.165, 1.54) is 12.8 Å². The van der Waals surface area contributed by atoms with Crippen molar-refractivity contribution >= 4 is 0 Å². The van der Waals surface area contributed by atoms with Crippen LogP contribution >= 0.6 is 0 Å². The minimum atomic E-state index is 0.212. The van der Waals surface area contributed by atoms with E-state index in [4.69, 9.17) is 10.5 Å². The fourth-order valence-corrected chi connectivity index (χ4v) is 2.21. The summed E-state index contributed by atoms with van der Waals surface area (Å²) in [5.41, 5.74) is 6.42. The third-order valence-corrected chi connectivity index (χ3v) is 3.80. The number of likely N-dealkylation sites (N-methyl/N-ethyl adjacent to an activating group) is 1. The highest BCUT2D eigenvalue weighted by atomic mass is 16.5. The summed E-state index contributed by atoms with van der Waals surface area (Å²) in [5, 5.41) is 0. The van der Waals surface area contributed by atoms with Crippen molar-refractivity contribution in [1.82, 2.24) is 4.90 Å². The molecule has 0 spiro atoms. The van der Waals surface area contributed by atoms with Crippen LogP contribution < -0.4 is 5.73 Å². The molecule has 0 aromatic carbocycles. The van der Waals surface area contributed by atoms with Crippen LogP contribution in [0.3, 0.4) is 0 Å². The molecule has 2 unspecified atom stereocenters. The van der Waals surface area contributed by atoms with E-state index < -0.39 is 0 Å². The lowest BCUT2D eigenvalue weighted by atomic mass is 9.85. The summed E-state index contributed by atoms with van der Waals surface area (Å²) < 4.78 is 5.69. The largest absolute Gasteiger partial charge is 0.377 e. The molecule has 3 heteroatoms. The summed E-state index contributed by atoms with van der Waals surface area (Å²) in [6.07, 6.45) is 3.98. The number of rotatable bonds is 6. The van der Waals surface area contributed by atoms with Gasteiger partial charge in [0.25, 0.3) is 0 Å². The molecule has 1 fully saturated rings. The van der Waals surface area contributed by atoms with E-state index in [1.54, 1.807) is 0 Å². The lowest BCUT2D eigenvalue weighted by Gasteiger charge is -2.30. The van der Waals surface area contributed by atoms with Crippen LogP contribution in [0.25, 0.3) is 0 Å². The summed E-state index contributed by atoms with van der Waals surface area (Å²) in [7, 11) is 0. The van der Waals surface area contributed by atoms with Gasteiger partial charge in [0.2, 0.25) is 0 Å². The fourth-order valence-electron chi connectivity index (χ4n) is 2.21. The van der Waals surface area contributed by atoms with E-state index in [-0.39, 0.29) is 11.5 Å². The van der Waals surface area contributed by atoms with Crippen LogP contribution in [-0.2, 0) is 4.74 Å². The zero-order valence-corrected chi connectivity index (χ0v) is 12.0. The number of nitrogens with two attached hydrogens (primary N) is 1. The molecule has 0 aromatic heterocycles. The highest BCUT2D eigenvalue weighted by Gasteiger charge is 2.22. The molecular formula is C14H30N2O. The predicted molar refractivity (Wildman–Crippen MR) is 73.1 cm³/mol. The highest BCUT2D eigenvalue weighted by molar-refractivity contribution is 4.79. The monoisotopic (exact) mass is 242 g/mol. The number of hydrogen-bond donors (Lipinski definition) is 1. The molecule has 3 nitrogen and oxygen atoms in total. The van der Waals surface area contributed by atoms with E-state index in [1.807, 2.05) is 0 Å². The van der Waals surface area contributed by atoms with Crippen LogP contribution in [0.4, 0.5) is 0 Å². The minimum Gasteiger partial charge on any atom is -0.377 e. The Balaban J connectivity index is 2.26. The van der Waals surface area contributed by atoms with E-state index in [2.05, 4.69) is 32.6 Å². The maximum Gasteiger partial charge on any atom is 0.0702 e. The third-order valence-electron chi connectivity index (χ3n) is 3.80. The maximum atomic E-state index is 6.20. The van der Waals surface area contributed by atoms with Crippen LogP contribution in [0.2, 0.25) is 0 Å². The average molecular weight is 242 g/mol. The first-order valence-corrected chi connectivity index (χ1v) is 7.03. The van der Waals surface area contributed by atoms with Gasteiger partial charge in [0.05, 0.1) is 6.10 Å². The van der Waals surface area contributed by atoms with Crippen molar-refractivity contribution < 1.29 is 4.74 Å². The Labute approximate surface area is 107 Å². The highest BCUT2D eigenvalue weighted by Crippen LogP contribution is 2.20. The van der Waals surface area contributed by atoms with Gasteiger partial charge in [-0.3, -0.25) is 0 Å². The lowest BCUT2D eigenvalue weighted by Crippen LogP contribution is -2.40. The van der Waals surface area contributed by atoms with Gasteiger partial charge in [-0.1, -0.05) is 27.7 Å². The molecule has 1 aliphatic heterocycles. The van der Waals surface area contributed by atoms with Crippen molar-refractivity contribution in [3.8, 4) is 0 Å². The van der Waals surface area contributed by atoms with Crippen LogP contribution in [0.1, 0.15) is 47.0 Å². The molecule has 0 aromatic rings. The lowest BCUT2D eigenvalue weighted by molar-refractivity contribution is 0.0725. The molecule has 0 saturated carbocycles. The Morgan fingerprint density at radius 1 is 1.41 bits per heavy atom. The summed E-state index contributed by atoms with van der Waals surface area (Å²) in [6.45, 7) is 13.1. The first-order valence-electron chi connectivity index (χ1n) is 7.03. The van der Waals surface area contributed by atoms with Gasteiger partial charge in [-0.05, 0) is 37.8 Å². The van der Waals surface area contributed by atoms with E-state index in [9.17, 15) is 0 Å². The van der Waals surface area contributed by atoms with Crippen molar-refractivity contribution in [2.45, 2.75) is 59.1 Å². The molecule has 1 saturated heterocycles. The summed E-state index contributed by atoms with van der Waals surface area (Å²) in [5.74, 6) is 0. The van der Waals surface area contributed by atoms with Gasteiger partial charge in [-0.25, -0.2) is 0 Å². The van der Waals surface area contributed by atoms with Gasteiger partial charge < -0.3 is 15.4 Å². The van der Waals surface area contributed by atoms with Crippen LogP contribution in [-0.4, -0.2) is 43.3 Å². The molecular weight excluding hydrogens is 212 g/mol. The SMILES string of the molecule is CCN(CCC(N)C(C)(C)C)CC1CCCO1. The molecule has 2 atom stereocenters. The molecule has 0 radical (unpaired) electrons. The van der Waals surface area contributed by atoms with Gasteiger partial charge in [0.1, 0.15) is 0 Å². The summed E-state index contributed by atoms with van der Waals surface area (Å²) in [6, 6.07) is 0.279. The molecule has 17 heavy (non-hydrogen) atoms. The Hall–Kier alpha value is -0.120. The number of ether oxygens (including phenoxy) is 1. The van der Waals surface area contributed by atoms with Crippen molar-refractivity contribution in [3.63, 3.8) is 0 Å². The molecule has 0 bridgehead atoms. The van der Waals surface area contributed by atoms with Crippen LogP contribution in [0, 0.1) is 5.41 Å². The number of nitrogens with zero attached hydrogens (tertiary/aromatic N) is 1. The first-order chi connectivity index (χ1) is 7.93. The molecule has 1 rings (SSSR count). The summed E-state index contributed by atoms with van der Waals surface area (Å²) >= 11 is 0. The second-order valence-corrected chi connectivity index (χ2v) is 6.29. The Bertz CT molecular complexity index is 207. The second kappa shape index (κ2) is 6.72. The normalized spacial score (nSPS) is 23.3. The van der Waals surface area contributed by atoms with Crippen molar-refractivity contribution in [1.29, 1.82) is 0 Å². The van der Waals surface area contributed by atoms with Crippen LogP contribution in [0.5, 0.6) is 0 Å². The Morgan fingerprint density at radius 2 is 2.12 bits per heavy atom. The van der Waals surface area contributed by atoms with Gasteiger partial charge in [-0.2, -0.15) is 0 Å². The van der Waals surface area contributed by atoms with Gasteiger partial charge in [0, 0.05) is 19.2 Å². The van der Waals surface area contributed by atoms with E-state index >= 15 is 0 Å². The van der Waals surface area contributed by atoms with E-state index in [0.717, 1.165) is 32.7 Å². The van der Waals surface area contributed by atoms with Crippen molar-refractivity contribution in [2.24, 2.45) is 11.1 Å². The fraction of sp³-hybridized carbons (Fsp3) is 1.00. The topological polar surface area (TPSA) is 38.5 Å². The molecule has 1 heterocycles. The van der Waals surface area contributed by atoms with Gasteiger partial charge >= 0.3 is 0 Å². The molecule has 2 N–H and O–H groups in total. The minimum absolute atomic E-state index is 0.212. The molecule has 0 amide bonds. The predicted octanol–water partition coefficient (Wildman–Crippen LogP) is 2.25. The smallest absolute Gasteiger partial charge is 0.0702 e. The van der Waals surface area contributed by atoms with Crippen molar-refractivity contribution in [3.05, 3.63) is 0 Å². The standard InChI is InChI=1S/C14H30N2O/c1-5-16(11-12-7-6-10-17-12)9-8-13(15)14(2,3)4/h12-13H,5-11,15H2,1-4H3. The average Bonchev–Trinajstić information content (AvgIpc) is 2.74. The number of hydrogen-bond acceptors (Lipinski definition) is 3. The van der Waals surface area contributed by atoms with Crippen LogP contribution in [0.15, 0.2) is 0 Å². The zero-order chi connectivity index (χ0) is 12.9. The Kier molecular flexibility index (Phi) is 5.90. The zero-order valence-electron chi connectivity index (χ0n) is 12.0. The third kappa shape index (κ3) is 5.36. The van der Waals surface area contributed by atoms with Gasteiger partial charge in [-0.15, -0.1) is 0 Å². The molecule has 1 aliphatic rings. The van der Waals surface area contributed by atoms with E-state index in [0.29, 0.717) is 6.10 Å². The molecule has 0 aliphatic carbocycles. The summed E-state index contributed by atoms with van der Waals surface area (Å²) in [4.78, 5) is 2.47. The quantitative estimate of drug-likeness (QED) is 0.776. The second-order valence-electron chi connectivity index (χ2n) is 6.29. The maximum absolute atomic E-state index is 6.20. The van der Waals surface area contributed by atoms with Gasteiger partial charge in [0.15, 0.2) is 0 Å². The molecule has 102 valence electrons. The van der Waals surface area contributed by atoms with Crippen molar-refractivity contribution in [2.75, 3.05) is 26.2 Å².